The summed E-state index contributed by atoms with van der Waals surface area (Å²) in [4.78, 5) is 31.6. The van der Waals surface area contributed by atoms with Crippen LogP contribution in [0.15, 0.2) is 60.7 Å². The predicted octanol–water partition coefficient (Wildman–Crippen LogP) is 3.91. The summed E-state index contributed by atoms with van der Waals surface area (Å²) >= 11 is 0. The average molecular weight is 344 g/mol. The summed E-state index contributed by atoms with van der Waals surface area (Å²) in [5, 5.41) is 0.986. The molecular weight excluding hydrogens is 324 g/mol. The van der Waals surface area contributed by atoms with Gasteiger partial charge in [0, 0.05) is 11.3 Å². The van der Waals surface area contributed by atoms with E-state index in [0.717, 1.165) is 16.5 Å². The molecule has 0 bridgehead atoms. The first-order valence-electron chi connectivity index (χ1n) is 8.84. The maximum Gasteiger partial charge on any atom is 0.239 e. The summed E-state index contributed by atoms with van der Waals surface area (Å²) in [5.41, 5.74) is 3.03. The van der Waals surface area contributed by atoms with E-state index in [1.807, 2.05) is 68.4 Å². The Morgan fingerprint density at radius 3 is 2.42 bits per heavy atom. The Labute approximate surface area is 152 Å². The van der Waals surface area contributed by atoms with Crippen molar-refractivity contribution in [3.63, 3.8) is 0 Å². The molecule has 2 aromatic carbocycles. The van der Waals surface area contributed by atoms with Crippen LogP contribution < -0.4 is 4.90 Å². The van der Waals surface area contributed by atoms with Gasteiger partial charge in [0.15, 0.2) is 0 Å². The summed E-state index contributed by atoms with van der Waals surface area (Å²) in [5.74, 6) is -0.617. The summed E-state index contributed by atoms with van der Waals surface area (Å²) in [7, 11) is 0. The summed E-state index contributed by atoms with van der Waals surface area (Å²) in [6.07, 6.45) is 0.566. The number of imide groups is 1. The van der Waals surface area contributed by atoms with Crippen LogP contribution in [-0.4, -0.2) is 16.8 Å². The standard InChI is InChI=1S/C22H20N2O2/c1-14-7-9-16(10-8-14)13-18-15(2)21(25)24(22(18)26)20-12-11-17-5-3-4-6-19(17)23-20/h3-12,15,18H,13H2,1-2H3. The normalized spacial score (nSPS) is 20.2. The van der Waals surface area contributed by atoms with E-state index in [1.54, 1.807) is 6.07 Å². The molecule has 4 rings (SSSR count). The number of carbonyl (C=O) groups is 2. The second-order valence-corrected chi connectivity index (χ2v) is 6.96. The molecule has 1 aliphatic heterocycles. The van der Waals surface area contributed by atoms with E-state index in [1.165, 1.54) is 10.5 Å². The molecule has 0 aliphatic carbocycles. The lowest BCUT2D eigenvalue weighted by atomic mass is 9.90. The molecule has 2 atom stereocenters. The molecule has 26 heavy (non-hydrogen) atoms. The fraction of sp³-hybridized carbons (Fsp3) is 0.227. The molecule has 4 heteroatoms. The zero-order chi connectivity index (χ0) is 18.3. The fourth-order valence-corrected chi connectivity index (χ4v) is 3.51. The molecule has 130 valence electrons. The maximum atomic E-state index is 13.0. The fourth-order valence-electron chi connectivity index (χ4n) is 3.51. The molecule has 3 aromatic rings. The van der Waals surface area contributed by atoms with Gasteiger partial charge in [0.2, 0.25) is 11.8 Å². The lowest BCUT2D eigenvalue weighted by molar-refractivity contribution is -0.122. The van der Waals surface area contributed by atoms with Crippen LogP contribution in [0.2, 0.25) is 0 Å². The van der Waals surface area contributed by atoms with Crippen LogP contribution in [0.25, 0.3) is 10.9 Å². The number of rotatable bonds is 3. The molecule has 2 heterocycles. The third kappa shape index (κ3) is 2.77. The van der Waals surface area contributed by atoms with Crippen LogP contribution in [0.4, 0.5) is 5.82 Å². The lowest BCUT2D eigenvalue weighted by Gasteiger charge is -2.14. The Balaban J connectivity index is 1.65. The Morgan fingerprint density at radius 2 is 1.65 bits per heavy atom. The highest BCUT2D eigenvalue weighted by Crippen LogP contribution is 2.33. The molecule has 1 aliphatic rings. The first kappa shape index (κ1) is 16.5. The van der Waals surface area contributed by atoms with Gasteiger partial charge < -0.3 is 0 Å². The quantitative estimate of drug-likeness (QED) is 0.677. The zero-order valence-corrected chi connectivity index (χ0v) is 14.8. The molecule has 1 saturated heterocycles. The molecule has 4 nitrogen and oxygen atoms in total. The van der Waals surface area contributed by atoms with Gasteiger partial charge >= 0.3 is 0 Å². The van der Waals surface area contributed by atoms with E-state index in [4.69, 9.17) is 0 Å². The minimum absolute atomic E-state index is 0.161. The number of amides is 2. The molecule has 0 radical (unpaired) electrons. The number of carbonyl (C=O) groups excluding carboxylic acids is 2. The van der Waals surface area contributed by atoms with E-state index in [9.17, 15) is 9.59 Å². The van der Waals surface area contributed by atoms with Crippen molar-refractivity contribution in [3.05, 3.63) is 71.8 Å². The zero-order valence-electron chi connectivity index (χ0n) is 14.8. The number of nitrogens with zero attached hydrogens (tertiary/aromatic N) is 2. The summed E-state index contributed by atoms with van der Waals surface area (Å²) in [6, 6.07) is 19.4. The van der Waals surface area contributed by atoms with Crippen molar-refractivity contribution in [1.29, 1.82) is 0 Å². The van der Waals surface area contributed by atoms with E-state index < -0.39 is 0 Å². The summed E-state index contributed by atoms with van der Waals surface area (Å²) < 4.78 is 0. The van der Waals surface area contributed by atoms with E-state index >= 15 is 0 Å². The monoisotopic (exact) mass is 344 g/mol. The summed E-state index contributed by atoms with van der Waals surface area (Å²) in [6.45, 7) is 3.86. The Bertz CT molecular complexity index is 994. The number of anilines is 1. The van der Waals surface area contributed by atoms with Crippen LogP contribution >= 0.6 is 0 Å². The third-order valence-corrected chi connectivity index (χ3v) is 5.14. The third-order valence-electron chi connectivity index (χ3n) is 5.14. The van der Waals surface area contributed by atoms with Crippen LogP contribution in [0.3, 0.4) is 0 Å². The van der Waals surface area contributed by atoms with Crippen molar-refractivity contribution in [3.8, 4) is 0 Å². The Hall–Kier alpha value is -3.01. The van der Waals surface area contributed by atoms with Gasteiger partial charge in [-0.1, -0.05) is 55.0 Å². The van der Waals surface area contributed by atoms with Crippen molar-refractivity contribution in [2.24, 2.45) is 11.8 Å². The minimum Gasteiger partial charge on any atom is -0.274 e. The molecule has 2 amide bonds. The average Bonchev–Trinajstić information content (AvgIpc) is 2.86. The topological polar surface area (TPSA) is 50.3 Å². The minimum atomic E-state index is -0.350. The number of hydrogen-bond acceptors (Lipinski definition) is 3. The number of aryl methyl sites for hydroxylation is 1. The highest BCUT2D eigenvalue weighted by molar-refractivity contribution is 6.21. The largest absolute Gasteiger partial charge is 0.274 e. The van der Waals surface area contributed by atoms with Gasteiger partial charge in [-0.2, -0.15) is 0 Å². The van der Waals surface area contributed by atoms with Crippen molar-refractivity contribution in [2.75, 3.05) is 4.90 Å². The van der Waals surface area contributed by atoms with Gasteiger partial charge in [0.1, 0.15) is 5.82 Å². The first-order valence-corrected chi connectivity index (χ1v) is 8.84. The number of fused-ring (bicyclic) bond motifs is 1. The maximum absolute atomic E-state index is 13.0. The van der Waals surface area contributed by atoms with E-state index in [-0.39, 0.29) is 23.7 Å². The van der Waals surface area contributed by atoms with Crippen LogP contribution in [0.5, 0.6) is 0 Å². The number of para-hydroxylation sites is 1. The Morgan fingerprint density at radius 1 is 0.923 bits per heavy atom. The van der Waals surface area contributed by atoms with Crippen LogP contribution in [0, 0.1) is 18.8 Å². The number of benzene rings is 2. The van der Waals surface area contributed by atoms with E-state index in [0.29, 0.717) is 12.2 Å². The number of pyridine rings is 1. The number of hydrogen-bond donors (Lipinski definition) is 0. The highest BCUT2D eigenvalue weighted by atomic mass is 16.2. The SMILES string of the molecule is Cc1ccc(CC2C(=O)N(c3ccc4ccccc4n3)C(=O)C2C)cc1. The van der Waals surface area contributed by atoms with Gasteiger partial charge in [0.05, 0.1) is 11.4 Å². The van der Waals surface area contributed by atoms with Crippen LogP contribution in [-0.2, 0) is 16.0 Å². The van der Waals surface area contributed by atoms with Gasteiger partial charge in [-0.15, -0.1) is 0 Å². The first-order chi connectivity index (χ1) is 12.5. The van der Waals surface area contributed by atoms with Gasteiger partial charge in [-0.25, -0.2) is 9.88 Å². The smallest absolute Gasteiger partial charge is 0.239 e. The van der Waals surface area contributed by atoms with Gasteiger partial charge in [0.25, 0.3) is 0 Å². The van der Waals surface area contributed by atoms with Gasteiger partial charge in [-0.3, -0.25) is 9.59 Å². The Kier molecular flexibility index (Phi) is 4.03. The molecule has 1 aromatic heterocycles. The van der Waals surface area contributed by atoms with Crippen LogP contribution in [0.1, 0.15) is 18.1 Å². The van der Waals surface area contributed by atoms with Crippen molar-refractivity contribution >= 4 is 28.5 Å². The molecule has 0 saturated carbocycles. The second kappa shape index (κ2) is 6.37. The molecular formula is C22H20N2O2. The van der Waals surface area contributed by atoms with Crippen molar-refractivity contribution < 1.29 is 9.59 Å². The molecule has 1 fully saturated rings. The van der Waals surface area contributed by atoms with Crippen molar-refractivity contribution in [1.82, 2.24) is 4.98 Å². The molecule has 0 spiro atoms. The van der Waals surface area contributed by atoms with E-state index in [2.05, 4.69) is 4.98 Å². The number of aromatic nitrogens is 1. The van der Waals surface area contributed by atoms with Gasteiger partial charge in [-0.05, 0) is 37.1 Å². The highest BCUT2D eigenvalue weighted by Gasteiger charge is 2.46. The lowest BCUT2D eigenvalue weighted by Crippen LogP contribution is -2.31. The second-order valence-electron chi connectivity index (χ2n) is 6.96. The molecule has 0 N–H and O–H groups in total. The predicted molar refractivity (Wildman–Crippen MR) is 102 cm³/mol. The molecule has 2 unspecified atom stereocenters. The van der Waals surface area contributed by atoms with Crippen molar-refractivity contribution in [2.45, 2.75) is 20.3 Å².